The summed E-state index contributed by atoms with van der Waals surface area (Å²) in [6.45, 7) is 6.95. The lowest BCUT2D eigenvalue weighted by Crippen LogP contribution is -2.47. The summed E-state index contributed by atoms with van der Waals surface area (Å²) < 4.78 is 6.16. The first kappa shape index (κ1) is 16.9. The third-order valence-corrected chi connectivity index (χ3v) is 3.77. The van der Waals surface area contributed by atoms with Gasteiger partial charge in [-0.1, -0.05) is 0 Å². The molecule has 122 valence electrons. The quantitative estimate of drug-likeness (QED) is 0.781. The second-order valence-corrected chi connectivity index (χ2v) is 7.32. The van der Waals surface area contributed by atoms with Gasteiger partial charge in [-0.2, -0.15) is 0 Å². The first-order valence-electron chi connectivity index (χ1n) is 7.40. The van der Waals surface area contributed by atoms with E-state index in [1.165, 1.54) is 0 Å². The topological polar surface area (TPSA) is 80.5 Å². The zero-order chi connectivity index (χ0) is 16.3. The number of ether oxygens (including phenoxy) is 1. The number of nitrogens with one attached hydrogen (secondary N) is 1. The Bertz CT molecular complexity index is 545. The summed E-state index contributed by atoms with van der Waals surface area (Å²) in [4.78, 5) is 18.0. The number of pyridine rings is 1. The molecule has 1 aliphatic heterocycles. The number of nitrogens with two attached hydrogens (primary N) is 1. The lowest BCUT2D eigenvalue weighted by atomic mass is 10.1. The van der Waals surface area contributed by atoms with Crippen LogP contribution in [0.2, 0.25) is 0 Å². The highest BCUT2D eigenvalue weighted by molar-refractivity contribution is 9.10. The van der Waals surface area contributed by atoms with Crippen molar-refractivity contribution in [1.29, 1.82) is 0 Å². The van der Waals surface area contributed by atoms with Gasteiger partial charge in [-0.15, -0.1) is 0 Å². The number of amides is 1. The van der Waals surface area contributed by atoms with E-state index in [4.69, 9.17) is 10.5 Å². The molecule has 1 unspecified atom stereocenters. The Kier molecular flexibility index (Phi) is 5.16. The molecule has 1 atom stereocenters. The Labute approximate surface area is 139 Å². The van der Waals surface area contributed by atoms with E-state index in [0.717, 1.165) is 29.7 Å². The van der Waals surface area contributed by atoms with Crippen molar-refractivity contribution in [2.45, 2.75) is 45.3 Å². The van der Waals surface area contributed by atoms with Gasteiger partial charge in [-0.3, -0.25) is 0 Å². The number of piperidine rings is 1. The Morgan fingerprint density at radius 1 is 1.55 bits per heavy atom. The SMILES string of the molecule is CC(C)(C)OC(=O)N1CCCC(Nc2cc(Br)ncc2N)C1. The maximum absolute atomic E-state index is 12.2. The molecule has 1 amide bonds. The van der Waals surface area contributed by atoms with Crippen LogP contribution in [0.3, 0.4) is 0 Å². The monoisotopic (exact) mass is 370 g/mol. The van der Waals surface area contributed by atoms with Crippen molar-refractivity contribution in [3.63, 3.8) is 0 Å². The van der Waals surface area contributed by atoms with Gasteiger partial charge in [0.25, 0.3) is 0 Å². The standard InChI is InChI=1S/C15H23BrN4O2/c1-15(2,3)22-14(21)20-6-4-5-10(9-20)19-12-7-13(16)18-8-11(12)17/h7-8,10H,4-6,9,17H2,1-3H3,(H,18,19). The van der Waals surface area contributed by atoms with Crippen LogP contribution < -0.4 is 11.1 Å². The summed E-state index contributed by atoms with van der Waals surface area (Å²) in [6, 6.07) is 2.00. The number of hydrogen-bond acceptors (Lipinski definition) is 5. The zero-order valence-corrected chi connectivity index (χ0v) is 14.8. The molecular weight excluding hydrogens is 348 g/mol. The molecule has 0 bridgehead atoms. The summed E-state index contributed by atoms with van der Waals surface area (Å²) in [7, 11) is 0. The summed E-state index contributed by atoms with van der Waals surface area (Å²) in [5.41, 5.74) is 6.89. The molecule has 2 rings (SSSR count). The number of anilines is 2. The molecule has 1 aromatic heterocycles. The van der Waals surface area contributed by atoms with Gasteiger partial charge in [0.15, 0.2) is 0 Å². The fourth-order valence-electron chi connectivity index (χ4n) is 2.37. The molecule has 3 N–H and O–H groups in total. The zero-order valence-electron chi connectivity index (χ0n) is 13.2. The van der Waals surface area contributed by atoms with Gasteiger partial charge in [0.05, 0.1) is 17.6 Å². The first-order chi connectivity index (χ1) is 10.2. The van der Waals surface area contributed by atoms with Crippen LogP contribution in [0.4, 0.5) is 16.2 Å². The third kappa shape index (κ3) is 4.76. The third-order valence-electron chi connectivity index (χ3n) is 3.33. The summed E-state index contributed by atoms with van der Waals surface area (Å²) in [5, 5.41) is 3.39. The van der Waals surface area contributed by atoms with E-state index in [2.05, 4.69) is 26.2 Å². The molecule has 1 aliphatic rings. The molecule has 7 heteroatoms. The van der Waals surface area contributed by atoms with Crippen molar-refractivity contribution in [2.75, 3.05) is 24.1 Å². The first-order valence-corrected chi connectivity index (χ1v) is 8.19. The molecule has 0 aromatic carbocycles. The van der Waals surface area contributed by atoms with Gasteiger partial charge < -0.3 is 20.7 Å². The molecule has 0 spiro atoms. The highest BCUT2D eigenvalue weighted by Gasteiger charge is 2.27. The van der Waals surface area contributed by atoms with E-state index < -0.39 is 5.60 Å². The van der Waals surface area contributed by atoms with Crippen LogP contribution in [0.5, 0.6) is 0 Å². The van der Waals surface area contributed by atoms with Crippen LogP contribution in [0.15, 0.2) is 16.9 Å². The molecule has 0 radical (unpaired) electrons. The lowest BCUT2D eigenvalue weighted by Gasteiger charge is -2.35. The van der Waals surface area contributed by atoms with E-state index >= 15 is 0 Å². The van der Waals surface area contributed by atoms with E-state index in [0.29, 0.717) is 12.2 Å². The molecule has 1 saturated heterocycles. The number of hydrogen-bond donors (Lipinski definition) is 2. The van der Waals surface area contributed by atoms with Crippen molar-refractivity contribution in [3.8, 4) is 0 Å². The Morgan fingerprint density at radius 3 is 2.95 bits per heavy atom. The van der Waals surface area contributed by atoms with Crippen molar-refractivity contribution in [1.82, 2.24) is 9.88 Å². The molecule has 0 aliphatic carbocycles. The number of aromatic nitrogens is 1. The molecule has 1 aromatic rings. The number of nitrogens with zero attached hydrogens (tertiary/aromatic N) is 2. The maximum Gasteiger partial charge on any atom is 0.410 e. The van der Waals surface area contributed by atoms with Crippen LogP contribution in [-0.2, 0) is 4.74 Å². The predicted molar refractivity (Wildman–Crippen MR) is 90.8 cm³/mol. The highest BCUT2D eigenvalue weighted by atomic mass is 79.9. The molecule has 0 saturated carbocycles. The van der Waals surface area contributed by atoms with E-state index in [1.54, 1.807) is 11.1 Å². The van der Waals surface area contributed by atoms with Gasteiger partial charge in [0.1, 0.15) is 10.2 Å². The Balaban J connectivity index is 1.98. The van der Waals surface area contributed by atoms with E-state index in [9.17, 15) is 4.79 Å². The largest absolute Gasteiger partial charge is 0.444 e. The second kappa shape index (κ2) is 6.73. The van der Waals surface area contributed by atoms with Crippen LogP contribution >= 0.6 is 15.9 Å². The molecule has 1 fully saturated rings. The van der Waals surface area contributed by atoms with Gasteiger partial charge in [0, 0.05) is 19.1 Å². The van der Waals surface area contributed by atoms with Crippen LogP contribution in [0.25, 0.3) is 0 Å². The number of nitrogen functional groups attached to an aromatic ring is 1. The lowest BCUT2D eigenvalue weighted by molar-refractivity contribution is 0.0206. The molecule has 2 heterocycles. The highest BCUT2D eigenvalue weighted by Crippen LogP contribution is 2.24. The minimum Gasteiger partial charge on any atom is -0.444 e. The van der Waals surface area contributed by atoms with E-state index in [-0.39, 0.29) is 12.1 Å². The average molecular weight is 371 g/mol. The summed E-state index contributed by atoms with van der Waals surface area (Å²) in [6.07, 6.45) is 3.27. The van der Waals surface area contributed by atoms with Gasteiger partial charge in [0.2, 0.25) is 0 Å². The normalized spacial score (nSPS) is 18.9. The van der Waals surface area contributed by atoms with Crippen molar-refractivity contribution in [3.05, 3.63) is 16.9 Å². The van der Waals surface area contributed by atoms with Crippen LogP contribution in [0.1, 0.15) is 33.6 Å². The van der Waals surface area contributed by atoms with Crippen molar-refractivity contribution >= 4 is 33.4 Å². The minimum absolute atomic E-state index is 0.151. The summed E-state index contributed by atoms with van der Waals surface area (Å²) in [5.74, 6) is 0. The van der Waals surface area contributed by atoms with Gasteiger partial charge >= 0.3 is 6.09 Å². The predicted octanol–water partition coefficient (Wildman–Crippen LogP) is 3.24. The minimum atomic E-state index is -0.474. The maximum atomic E-state index is 12.2. The Hall–Kier alpha value is -1.50. The van der Waals surface area contributed by atoms with Crippen LogP contribution in [0, 0.1) is 0 Å². The van der Waals surface area contributed by atoms with Crippen molar-refractivity contribution in [2.24, 2.45) is 0 Å². The Morgan fingerprint density at radius 2 is 2.27 bits per heavy atom. The average Bonchev–Trinajstić information content (AvgIpc) is 2.41. The molecular formula is C15H23BrN4O2. The second-order valence-electron chi connectivity index (χ2n) is 6.50. The van der Waals surface area contributed by atoms with Crippen LogP contribution in [-0.4, -0.2) is 40.7 Å². The fourth-order valence-corrected chi connectivity index (χ4v) is 2.70. The van der Waals surface area contributed by atoms with E-state index in [1.807, 2.05) is 26.8 Å². The number of rotatable bonds is 2. The fraction of sp³-hybridized carbons (Fsp3) is 0.600. The number of halogens is 1. The smallest absolute Gasteiger partial charge is 0.410 e. The van der Waals surface area contributed by atoms with Crippen molar-refractivity contribution < 1.29 is 9.53 Å². The molecule has 6 nitrogen and oxygen atoms in total. The number of carbonyl (C=O) groups excluding carboxylic acids is 1. The van der Waals surface area contributed by atoms with Gasteiger partial charge in [-0.05, 0) is 55.6 Å². The summed E-state index contributed by atoms with van der Waals surface area (Å²) >= 11 is 3.34. The number of carbonyl (C=O) groups is 1. The number of likely N-dealkylation sites (tertiary alicyclic amines) is 1. The van der Waals surface area contributed by atoms with Gasteiger partial charge in [-0.25, -0.2) is 9.78 Å². The molecule has 22 heavy (non-hydrogen) atoms.